The molecule has 0 aliphatic heterocycles. The highest BCUT2D eigenvalue weighted by Crippen LogP contribution is 2.39. The smallest absolute Gasteiger partial charge is 0.0632 e. The van der Waals surface area contributed by atoms with Gasteiger partial charge in [-0.2, -0.15) is 0 Å². The Labute approximate surface area is 148 Å². The van der Waals surface area contributed by atoms with Crippen LogP contribution in [0.25, 0.3) is 0 Å². The Morgan fingerprint density at radius 3 is 1.17 bits per heavy atom. The van der Waals surface area contributed by atoms with Crippen molar-refractivity contribution >= 4 is 0 Å². The average molecular weight is 327 g/mol. The summed E-state index contributed by atoms with van der Waals surface area (Å²) in [5.74, 6) is 1.37. The zero-order valence-electron chi connectivity index (χ0n) is 18.0. The van der Waals surface area contributed by atoms with Gasteiger partial charge in [0, 0.05) is 0 Å². The number of hydrogen-bond donors (Lipinski definition) is 0. The van der Waals surface area contributed by atoms with Gasteiger partial charge in [-0.05, 0) is 48.3 Å². The zero-order chi connectivity index (χ0) is 18.3. The third-order valence-electron chi connectivity index (χ3n) is 5.23. The van der Waals surface area contributed by atoms with E-state index in [1.54, 1.807) is 0 Å². The third kappa shape index (κ3) is 8.57. The molecule has 1 heteroatoms. The summed E-state index contributed by atoms with van der Waals surface area (Å²) in [4.78, 5) is 0. The molecule has 0 N–H and O–H groups in total. The van der Waals surface area contributed by atoms with Crippen molar-refractivity contribution in [2.45, 2.75) is 120 Å². The standard InChI is InChI=1S/C22H46O/c1-11-13-21(7,8)19(15-17(3)4)23-20(16-18(5)6)22(9,10)14-12-2/h17-20H,11-16H2,1-10H3. The molecule has 0 spiro atoms. The molecule has 0 fully saturated rings. The van der Waals surface area contributed by atoms with Crippen molar-refractivity contribution in [2.24, 2.45) is 22.7 Å². The lowest BCUT2D eigenvalue weighted by Crippen LogP contribution is -2.42. The molecule has 0 aliphatic carbocycles. The van der Waals surface area contributed by atoms with Crippen LogP contribution < -0.4 is 0 Å². The van der Waals surface area contributed by atoms with Gasteiger partial charge in [0.2, 0.25) is 0 Å². The van der Waals surface area contributed by atoms with Gasteiger partial charge in [0.15, 0.2) is 0 Å². The average Bonchev–Trinajstić information content (AvgIpc) is 2.35. The molecule has 0 aromatic heterocycles. The van der Waals surface area contributed by atoms with E-state index in [1.165, 1.54) is 38.5 Å². The van der Waals surface area contributed by atoms with Crippen LogP contribution in [-0.4, -0.2) is 12.2 Å². The highest BCUT2D eigenvalue weighted by atomic mass is 16.5. The SMILES string of the molecule is CCCC(C)(C)C(CC(C)C)OC(CC(C)C)C(C)(C)CCC. The Morgan fingerprint density at radius 1 is 0.652 bits per heavy atom. The van der Waals surface area contributed by atoms with Gasteiger partial charge in [-0.1, -0.05) is 82.1 Å². The molecule has 1 nitrogen and oxygen atoms in total. The Bertz CT molecular complexity index is 271. The molecule has 0 saturated carbocycles. The first-order valence-electron chi connectivity index (χ1n) is 10.1. The molecular weight excluding hydrogens is 280 g/mol. The molecule has 0 aromatic carbocycles. The van der Waals surface area contributed by atoms with E-state index in [4.69, 9.17) is 4.74 Å². The summed E-state index contributed by atoms with van der Waals surface area (Å²) >= 11 is 0. The Hall–Kier alpha value is -0.0400. The van der Waals surface area contributed by atoms with Crippen LogP contribution in [0.4, 0.5) is 0 Å². The predicted molar refractivity (Wildman–Crippen MR) is 105 cm³/mol. The van der Waals surface area contributed by atoms with Crippen molar-refractivity contribution < 1.29 is 4.74 Å². The molecule has 0 saturated heterocycles. The fourth-order valence-electron chi connectivity index (χ4n) is 3.78. The maximum Gasteiger partial charge on any atom is 0.0632 e. The van der Waals surface area contributed by atoms with Crippen LogP contribution in [0.5, 0.6) is 0 Å². The van der Waals surface area contributed by atoms with E-state index in [1.807, 2.05) is 0 Å². The van der Waals surface area contributed by atoms with E-state index in [0.717, 1.165) is 0 Å². The van der Waals surface area contributed by atoms with Crippen LogP contribution in [0.15, 0.2) is 0 Å². The van der Waals surface area contributed by atoms with Gasteiger partial charge >= 0.3 is 0 Å². The van der Waals surface area contributed by atoms with Crippen molar-refractivity contribution in [3.05, 3.63) is 0 Å². The number of hydrogen-bond acceptors (Lipinski definition) is 1. The second-order valence-corrected chi connectivity index (χ2v) is 9.85. The van der Waals surface area contributed by atoms with Gasteiger partial charge < -0.3 is 4.74 Å². The number of ether oxygens (including phenoxy) is 1. The minimum Gasteiger partial charge on any atom is -0.374 e. The van der Waals surface area contributed by atoms with E-state index < -0.39 is 0 Å². The minimum absolute atomic E-state index is 0.260. The first kappa shape index (κ1) is 23.0. The van der Waals surface area contributed by atoms with Crippen molar-refractivity contribution in [1.82, 2.24) is 0 Å². The first-order valence-corrected chi connectivity index (χ1v) is 10.1. The van der Waals surface area contributed by atoms with Crippen molar-refractivity contribution in [2.75, 3.05) is 0 Å². The fourth-order valence-corrected chi connectivity index (χ4v) is 3.78. The Kier molecular flexibility index (Phi) is 10.0. The third-order valence-corrected chi connectivity index (χ3v) is 5.23. The van der Waals surface area contributed by atoms with E-state index >= 15 is 0 Å². The van der Waals surface area contributed by atoms with Crippen molar-refractivity contribution in [1.29, 1.82) is 0 Å². The summed E-state index contributed by atoms with van der Waals surface area (Å²) in [6.07, 6.45) is 8.02. The van der Waals surface area contributed by atoms with Crippen LogP contribution in [0.2, 0.25) is 0 Å². The lowest BCUT2D eigenvalue weighted by atomic mass is 9.76. The van der Waals surface area contributed by atoms with Crippen LogP contribution in [0, 0.1) is 22.7 Å². The maximum atomic E-state index is 6.91. The maximum absolute atomic E-state index is 6.91. The van der Waals surface area contributed by atoms with Gasteiger partial charge in [-0.25, -0.2) is 0 Å². The normalized spacial score (nSPS) is 16.2. The van der Waals surface area contributed by atoms with Crippen LogP contribution in [0.1, 0.15) is 108 Å². The van der Waals surface area contributed by atoms with E-state index in [0.29, 0.717) is 24.0 Å². The first-order chi connectivity index (χ1) is 10.5. The van der Waals surface area contributed by atoms with Crippen molar-refractivity contribution in [3.63, 3.8) is 0 Å². The summed E-state index contributed by atoms with van der Waals surface area (Å²) < 4.78 is 6.91. The van der Waals surface area contributed by atoms with Gasteiger partial charge in [0.05, 0.1) is 12.2 Å². The quantitative estimate of drug-likeness (QED) is 0.361. The lowest BCUT2D eigenvalue weighted by Gasteiger charge is -2.43. The molecule has 0 aliphatic rings. The summed E-state index contributed by atoms with van der Waals surface area (Å²) in [5.41, 5.74) is 0.521. The molecule has 0 amide bonds. The van der Waals surface area contributed by atoms with Crippen molar-refractivity contribution in [3.8, 4) is 0 Å². The molecule has 0 bridgehead atoms. The van der Waals surface area contributed by atoms with E-state index in [9.17, 15) is 0 Å². The summed E-state index contributed by atoms with van der Waals surface area (Å²) in [6, 6.07) is 0. The summed E-state index contributed by atoms with van der Waals surface area (Å²) in [7, 11) is 0. The van der Waals surface area contributed by atoms with E-state index in [-0.39, 0.29) is 10.8 Å². The topological polar surface area (TPSA) is 9.23 Å². The molecule has 0 heterocycles. The highest BCUT2D eigenvalue weighted by molar-refractivity contribution is 4.86. The Balaban J connectivity index is 5.33. The second-order valence-electron chi connectivity index (χ2n) is 9.85. The second kappa shape index (κ2) is 10.1. The fraction of sp³-hybridized carbons (Fsp3) is 1.00. The van der Waals surface area contributed by atoms with Gasteiger partial charge in [-0.15, -0.1) is 0 Å². The largest absolute Gasteiger partial charge is 0.374 e. The molecule has 2 atom stereocenters. The molecule has 0 rings (SSSR count). The van der Waals surface area contributed by atoms with E-state index in [2.05, 4.69) is 69.2 Å². The zero-order valence-corrected chi connectivity index (χ0v) is 18.0. The van der Waals surface area contributed by atoms with Crippen LogP contribution in [0.3, 0.4) is 0 Å². The molecular formula is C22H46O. The molecule has 2 unspecified atom stereocenters. The molecule has 0 aromatic rings. The van der Waals surface area contributed by atoms with Gasteiger partial charge in [0.25, 0.3) is 0 Å². The van der Waals surface area contributed by atoms with Gasteiger partial charge in [-0.3, -0.25) is 0 Å². The summed E-state index contributed by atoms with van der Waals surface area (Å²) in [5, 5.41) is 0. The minimum atomic E-state index is 0.260. The predicted octanol–water partition coefficient (Wildman–Crippen LogP) is 7.49. The Morgan fingerprint density at radius 2 is 0.957 bits per heavy atom. The number of rotatable bonds is 12. The van der Waals surface area contributed by atoms with Crippen LogP contribution in [-0.2, 0) is 4.74 Å². The molecule has 23 heavy (non-hydrogen) atoms. The lowest BCUT2D eigenvalue weighted by molar-refractivity contribution is -0.131. The molecule has 140 valence electrons. The highest BCUT2D eigenvalue weighted by Gasteiger charge is 2.37. The molecule has 0 radical (unpaired) electrons. The van der Waals surface area contributed by atoms with Crippen LogP contribution >= 0.6 is 0 Å². The van der Waals surface area contributed by atoms with Gasteiger partial charge in [0.1, 0.15) is 0 Å². The summed E-state index contributed by atoms with van der Waals surface area (Å²) in [6.45, 7) is 23.5. The monoisotopic (exact) mass is 326 g/mol.